The van der Waals surface area contributed by atoms with E-state index in [1.807, 2.05) is 0 Å². The Morgan fingerprint density at radius 3 is 2.54 bits per heavy atom. The molecule has 0 saturated heterocycles. The summed E-state index contributed by atoms with van der Waals surface area (Å²) in [5.41, 5.74) is 6.76. The lowest BCUT2D eigenvalue weighted by Crippen LogP contribution is -2.32. The highest BCUT2D eigenvalue weighted by atomic mass is 32.2. The van der Waals surface area contributed by atoms with Gasteiger partial charge < -0.3 is 11.1 Å². The normalized spacial score (nSPS) is 15.5. The Morgan fingerprint density at radius 1 is 1.21 bits per heavy atom. The zero-order valence-corrected chi connectivity index (χ0v) is 15.1. The van der Waals surface area contributed by atoms with E-state index >= 15 is 0 Å². The van der Waals surface area contributed by atoms with Gasteiger partial charge >= 0.3 is 0 Å². The number of nitrogens with one attached hydrogen (secondary N) is 2. The molecular weight excluding hydrogens is 324 g/mol. The van der Waals surface area contributed by atoms with E-state index in [2.05, 4.69) is 22.0 Å². The Hall–Kier alpha value is -1.60. The molecule has 24 heavy (non-hydrogen) atoms. The van der Waals surface area contributed by atoms with E-state index in [1.54, 1.807) is 24.3 Å². The van der Waals surface area contributed by atoms with Gasteiger partial charge in [0.05, 0.1) is 11.4 Å². The summed E-state index contributed by atoms with van der Waals surface area (Å²) in [6.07, 6.45) is 6.59. The first-order valence-corrected chi connectivity index (χ1v) is 10.1. The lowest BCUT2D eigenvalue weighted by Gasteiger charge is -2.07. The lowest BCUT2D eigenvalue weighted by atomic mass is 10.2. The molecule has 0 radical (unpaired) electrons. The highest BCUT2D eigenvalue weighted by Crippen LogP contribution is 2.22. The first kappa shape index (κ1) is 18.7. The van der Waals surface area contributed by atoms with Crippen molar-refractivity contribution in [3.63, 3.8) is 0 Å². The number of nitrogens with two attached hydrogens (primary N) is 1. The second kappa shape index (κ2) is 9.03. The van der Waals surface area contributed by atoms with Crippen LogP contribution in [0.2, 0.25) is 0 Å². The van der Waals surface area contributed by atoms with E-state index in [1.165, 1.54) is 19.3 Å². The molecule has 6 nitrogen and oxygen atoms in total. The maximum absolute atomic E-state index is 12.1. The number of rotatable bonds is 10. The standard InChI is InChI=1S/C17H28N4O2S/c1-2-3-4-5-12-19-17(18)20-13-14-6-10-16(11-7-14)24(22,23)21-15-8-9-15/h6-7,10-11,15,21H,2-5,8-9,12-13H2,1H3,(H3,18,19,20). The maximum atomic E-state index is 12.1. The molecule has 1 aliphatic carbocycles. The largest absolute Gasteiger partial charge is 0.370 e. The van der Waals surface area contributed by atoms with Crippen LogP contribution in [0.4, 0.5) is 0 Å². The fourth-order valence-electron chi connectivity index (χ4n) is 2.26. The van der Waals surface area contributed by atoms with Crippen LogP contribution in [0, 0.1) is 0 Å². The monoisotopic (exact) mass is 352 g/mol. The molecule has 0 atom stereocenters. The molecule has 0 unspecified atom stereocenters. The minimum atomic E-state index is -3.39. The number of nitrogens with zero attached hydrogens (tertiary/aromatic N) is 1. The SMILES string of the molecule is CCCCCCNC(N)=NCc1ccc(S(=O)(=O)NC2CC2)cc1. The summed E-state index contributed by atoms with van der Waals surface area (Å²) in [5, 5.41) is 3.10. The van der Waals surface area contributed by atoms with Crippen molar-refractivity contribution >= 4 is 16.0 Å². The molecule has 0 bridgehead atoms. The maximum Gasteiger partial charge on any atom is 0.240 e. The van der Waals surface area contributed by atoms with Crippen molar-refractivity contribution in [1.82, 2.24) is 10.0 Å². The molecular formula is C17H28N4O2S. The number of sulfonamides is 1. The smallest absolute Gasteiger partial charge is 0.240 e. The summed E-state index contributed by atoms with van der Waals surface area (Å²) >= 11 is 0. The molecule has 0 heterocycles. The molecule has 7 heteroatoms. The van der Waals surface area contributed by atoms with Gasteiger partial charge in [-0.05, 0) is 37.0 Å². The summed E-state index contributed by atoms with van der Waals surface area (Å²) in [4.78, 5) is 4.58. The minimum Gasteiger partial charge on any atom is -0.370 e. The van der Waals surface area contributed by atoms with Gasteiger partial charge in [0.15, 0.2) is 5.96 Å². The molecule has 0 spiro atoms. The zero-order chi connectivity index (χ0) is 17.4. The number of aliphatic imine (C=N–C) groups is 1. The van der Waals surface area contributed by atoms with Gasteiger partial charge in [-0.1, -0.05) is 38.3 Å². The van der Waals surface area contributed by atoms with Gasteiger partial charge in [-0.3, -0.25) is 0 Å². The summed E-state index contributed by atoms with van der Waals surface area (Å²) in [5.74, 6) is 0.429. The molecule has 1 saturated carbocycles. The highest BCUT2D eigenvalue weighted by Gasteiger charge is 2.27. The van der Waals surface area contributed by atoms with Crippen LogP contribution in [0.25, 0.3) is 0 Å². The van der Waals surface area contributed by atoms with Gasteiger partial charge in [0.2, 0.25) is 10.0 Å². The quantitative estimate of drug-likeness (QED) is 0.341. The molecule has 0 amide bonds. The predicted octanol–water partition coefficient (Wildman–Crippen LogP) is 2.11. The first-order valence-electron chi connectivity index (χ1n) is 8.66. The molecule has 1 aromatic rings. The van der Waals surface area contributed by atoms with Gasteiger partial charge in [0, 0.05) is 12.6 Å². The van der Waals surface area contributed by atoms with Crippen LogP contribution < -0.4 is 15.8 Å². The van der Waals surface area contributed by atoms with Crippen molar-refractivity contribution < 1.29 is 8.42 Å². The van der Waals surface area contributed by atoms with Crippen LogP contribution in [0.1, 0.15) is 51.0 Å². The zero-order valence-electron chi connectivity index (χ0n) is 14.3. The van der Waals surface area contributed by atoms with Crippen molar-refractivity contribution in [1.29, 1.82) is 0 Å². The Bertz CT molecular complexity index is 637. The van der Waals surface area contributed by atoms with Crippen LogP contribution >= 0.6 is 0 Å². The van der Waals surface area contributed by atoms with Gasteiger partial charge in [-0.15, -0.1) is 0 Å². The van der Waals surface area contributed by atoms with E-state index < -0.39 is 10.0 Å². The Morgan fingerprint density at radius 2 is 1.92 bits per heavy atom. The number of hydrogen-bond donors (Lipinski definition) is 3. The summed E-state index contributed by atoms with van der Waals surface area (Å²) in [7, 11) is -3.39. The third kappa shape index (κ3) is 6.49. The number of benzene rings is 1. The van der Waals surface area contributed by atoms with Crippen molar-refractivity contribution in [2.75, 3.05) is 6.54 Å². The number of hydrogen-bond acceptors (Lipinski definition) is 3. The van der Waals surface area contributed by atoms with Gasteiger partial charge in [0.25, 0.3) is 0 Å². The third-order valence-electron chi connectivity index (χ3n) is 3.90. The molecule has 4 N–H and O–H groups in total. The molecule has 2 rings (SSSR count). The second-order valence-electron chi connectivity index (χ2n) is 6.23. The highest BCUT2D eigenvalue weighted by molar-refractivity contribution is 7.89. The van der Waals surface area contributed by atoms with E-state index in [0.29, 0.717) is 17.4 Å². The summed E-state index contributed by atoms with van der Waals surface area (Å²) in [6.45, 7) is 3.45. The lowest BCUT2D eigenvalue weighted by molar-refractivity contribution is 0.581. The number of guanidine groups is 1. The number of unbranched alkanes of at least 4 members (excludes halogenated alkanes) is 3. The van der Waals surface area contributed by atoms with Gasteiger partial charge in [0.1, 0.15) is 0 Å². The summed E-state index contributed by atoms with van der Waals surface area (Å²) in [6, 6.07) is 6.90. The minimum absolute atomic E-state index is 0.113. The van der Waals surface area contributed by atoms with Crippen LogP contribution in [0.3, 0.4) is 0 Å². The second-order valence-corrected chi connectivity index (χ2v) is 7.94. The van der Waals surface area contributed by atoms with Crippen LogP contribution in [-0.2, 0) is 16.6 Å². The Kier molecular flexibility index (Phi) is 7.05. The topological polar surface area (TPSA) is 96.6 Å². The average Bonchev–Trinajstić information content (AvgIpc) is 3.36. The fourth-order valence-corrected chi connectivity index (χ4v) is 3.57. The summed E-state index contributed by atoms with van der Waals surface area (Å²) < 4.78 is 26.8. The van der Waals surface area contributed by atoms with E-state index in [-0.39, 0.29) is 6.04 Å². The molecule has 0 aliphatic heterocycles. The van der Waals surface area contributed by atoms with E-state index in [4.69, 9.17) is 5.73 Å². The van der Waals surface area contributed by atoms with Crippen molar-refractivity contribution in [2.24, 2.45) is 10.7 Å². The van der Waals surface area contributed by atoms with Crippen LogP contribution in [0.5, 0.6) is 0 Å². The van der Waals surface area contributed by atoms with Crippen molar-refractivity contribution in [2.45, 2.75) is 62.9 Å². The van der Waals surface area contributed by atoms with Gasteiger partial charge in [-0.2, -0.15) is 0 Å². The van der Waals surface area contributed by atoms with Gasteiger partial charge in [-0.25, -0.2) is 18.1 Å². The van der Waals surface area contributed by atoms with Crippen molar-refractivity contribution in [3.8, 4) is 0 Å². The third-order valence-corrected chi connectivity index (χ3v) is 5.44. The van der Waals surface area contributed by atoms with E-state index in [0.717, 1.165) is 31.4 Å². The fraction of sp³-hybridized carbons (Fsp3) is 0.588. The molecule has 1 fully saturated rings. The molecule has 0 aromatic heterocycles. The molecule has 1 aromatic carbocycles. The Balaban J connectivity index is 1.79. The van der Waals surface area contributed by atoms with Crippen LogP contribution in [-0.4, -0.2) is 27.0 Å². The van der Waals surface area contributed by atoms with E-state index in [9.17, 15) is 8.42 Å². The first-order chi connectivity index (χ1) is 11.5. The molecule has 134 valence electrons. The average molecular weight is 353 g/mol. The Labute approximate surface area is 145 Å². The van der Waals surface area contributed by atoms with Crippen molar-refractivity contribution in [3.05, 3.63) is 29.8 Å². The predicted molar refractivity (Wildman–Crippen MR) is 97.3 cm³/mol. The van der Waals surface area contributed by atoms with Crippen LogP contribution in [0.15, 0.2) is 34.2 Å². The molecule has 1 aliphatic rings.